The molecule has 2 fully saturated rings. The molecule has 3 N–H and O–H groups in total. The van der Waals surface area contributed by atoms with Crippen molar-refractivity contribution in [2.24, 2.45) is 0 Å². The first kappa shape index (κ1) is 19.9. The Hall–Kier alpha value is -2.44. The number of carbonyl (C=O) groups is 1. The van der Waals surface area contributed by atoms with Gasteiger partial charge in [-0.05, 0) is 36.4 Å². The van der Waals surface area contributed by atoms with Crippen LogP contribution in [0.4, 0.5) is 15.8 Å². The maximum absolute atomic E-state index is 13.1. The number of nitrogens with one attached hydrogen (secondary N) is 3. The summed E-state index contributed by atoms with van der Waals surface area (Å²) in [6.45, 7) is 7.67. The van der Waals surface area contributed by atoms with E-state index >= 15 is 0 Å². The topological polar surface area (TPSA) is 41.2 Å². The van der Waals surface area contributed by atoms with E-state index in [4.69, 9.17) is 0 Å². The highest BCUT2D eigenvalue weighted by molar-refractivity contribution is 5.91. The molecule has 2 heterocycles. The van der Waals surface area contributed by atoms with Crippen molar-refractivity contribution in [3.63, 3.8) is 0 Å². The smallest absolute Gasteiger partial charge is 0.279 e. The number of amides is 1. The third kappa shape index (κ3) is 5.55. The number of anilines is 2. The van der Waals surface area contributed by atoms with E-state index in [1.165, 1.54) is 48.5 Å². The van der Waals surface area contributed by atoms with Gasteiger partial charge < -0.3 is 20.0 Å². The Bertz CT molecular complexity index is 795. The van der Waals surface area contributed by atoms with Crippen molar-refractivity contribution >= 4 is 17.3 Å². The average Bonchev–Trinajstić information content (AvgIpc) is 3.24. The van der Waals surface area contributed by atoms with Crippen molar-refractivity contribution in [1.29, 1.82) is 0 Å². The molecule has 0 atom stereocenters. The average molecular weight is 399 g/mol. The second-order valence-corrected chi connectivity index (χ2v) is 8.27. The summed E-state index contributed by atoms with van der Waals surface area (Å²) in [6, 6.07) is 14.9. The Balaban J connectivity index is 1.21. The first-order chi connectivity index (χ1) is 14.2. The molecule has 2 aromatic rings. The monoisotopic (exact) mass is 398 g/mol. The molecular weight excluding hydrogens is 367 g/mol. The lowest BCUT2D eigenvalue weighted by Gasteiger charge is -2.33. The first-order valence-electron chi connectivity index (χ1n) is 10.7. The van der Waals surface area contributed by atoms with Crippen LogP contribution in [0.3, 0.4) is 0 Å². The predicted molar refractivity (Wildman–Crippen MR) is 113 cm³/mol. The van der Waals surface area contributed by atoms with Crippen LogP contribution < -0.4 is 20.0 Å². The van der Waals surface area contributed by atoms with Gasteiger partial charge in [-0.25, -0.2) is 4.39 Å². The van der Waals surface area contributed by atoms with Crippen LogP contribution in [0.25, 0.3) is 0 Å². The molecule has 29 heavy (non-hydrogen) atoms. The van der Waals surface area contributed by atoms with Crippen LogP contribution in [0.2, 0.25) is 0 Å². The number of likely N-dealkylation sites (tertiary alicyclic amines) is 1. The molecule has 0 bridgehead atoms. The zero-order valence-corrected chi connectivity index (χ0v) is 16.9. The molecule has 2 aliphatic heterocycles. The fraction of sp³-hybridized carbons (Fsp3) is 0.435. The van der Waals surface area contributed by atoms with Gasteiger partial charge in [0.15, 0.2) is 6.54 Å². The molecule has 154 valence electrons. The standard InChI is InChI=1S/C23H29FN4O/c24-20-5-9-22(10-6-20)28-15-13-27(14-16-28)18-23(29)25-21-7-3-19(4-8-21)17-26-11-1-2-12-26/h3-10H,1-2,11-18H2,(H,25,29)/p+2. The quantitative estimate of drug-likeness (QED) is 0.657. The van der Waals surface area contributed by atoms with Gasteiger partial charge in [0.1, 0.15) is 12.4 Å². The molecule has 2 saturated heterocycles. The highest BCUT2D eigenvalue weighted by atomic mass is 19.1. The molecule has 0 unspecified atom stereocenters. The largest absolute Gasteiger partial charge is 0.360 e. The Kier molecular flexibility index (Phi) is 6.42. The normalized spacial score (nSPS) is 18.2. The maximum atomic E-state index is 13.1. The number of carbonyl (C=O) groups excluding carboxylic acids is 1. The van der Waals surface area contributed by atoms with Crippen molar-refractivity contribution in [2.75, 3.05) is 56.0 Å². The number of benzene rings is 2. The van der Waals surface area contributed by atoms with E-state index in [0.29, 0.717) is 6.54 Å². The zero-order chi connectivity index (χ0) is 20.1. The van der Waals surface area contributed by atoms with Crippen LogP contribution in [0.5, 0.6) is 0 Å². The highest BCUT2D eigenvalue weighted by Gasteiger charge is 2.22. The van der Waals surface area contributed by atoms with E-state index in [-0.39, 0.29) is 11.7 Å². The maximum Gasteiger partial charge on any atom is 0.279 e. The summed E-state index contributed by atoms with van der Waals surface area (Å²) in [5.41, 5.74) is 3.26. The van der Waals surface area contributed by atoms with E-state index in [1.54, 1.807) is 4.90 Å². The molecule has 0 radical (unpaired) electrons. The van der Waals surface area contributed by atoms with Crippen LogP contribution in [0.1, 0.15) is 18.4 Å². The van der Waals surface area contributed by atoms with Gasteiger partial charge in [-0.3, -0.25) is 4.79 Å². The molecule has 2 aliphatic rings. The molecule has 2 aromatic carbocycles. The summed E-state index contributed by atoms with van der Waals surface area (Å²) in [6.07, 6.45) is 2.67. The van der Waals surface area contributed by atoms with Crippen molar-refractivity contribution in [1.82, 2.24) is 0 Å². The molecule has 0 saturated carbocycles. The van der Waals surface area contributed by atoms with E-state index in [2.05, 4.69) is 22.3 Å². The van der Waals surface area contributed by atoms with Gasteiger partial charge in [-0.15, -0.1) is 0 Å². The van der Waals surface area contributed by atoms with Crippen LogP contribution in [0.15, 0.2) is 48.5 Å². The van der Waals surface area contributed by atoms with Gasteiger partial charge in [0, 0.05) is 29.8 Å². The Morgan fingerprint density at radius 2 is 1.55 bits per heavy atom. The number of hydrogen-bond donors (Lipinski definition) is 3. The van der Waals surface area contributed by atoms with Crippen molar-refractivity contribution in [2.45, 2.75) is 19.4 Å². The number of piperazine rings is 1. The minimum Gasteiger partial charge on any atom is -0.360 e. The number of hydrogen-bond acceptors (Lipinski definition) is 2. The number of halogens is 1. The summed E-state index contributed by atoms with van der Waals surface area (Å²) >= 11 is 0. The summed E-state index contributed by atoms with van der Waals surface area (Å²) in [5, 5.41) is 3.04. The lowest BCUT2D eigenvalue weighted by molar-refractivity contribution is -0.901. The van der Waals surface area contributed by atoms with Gasteiger partial charge >= 0.3 is 0 Å². The molecule has 6 heteroatoms. The summed E-state index contributed by atoms with van der Waals surface area (Å²) in [4.78, 5) is 17.6. The molecule has 0 aliphatic carbocycles. The predicted octanol–water partition coefficient (Wildman–Crippen LogP) is 0.348. The fourth-order valence-corrected chi connectivity index (χ4v) is 4.39. The zero-order valence-electron chi connectivity index (χ0n) is 16.9. The summed E-state index contributed by atoms with van der Waals surface area (Å²) in [5.74, 6) is -0.145. The third-order valence-electron chi connectivity index (χ3n) is 6.08. The van der Waals surface area contributed by atoms with E-state index in [1.807, 2.05) is 24.3 Å². The Morgan fingerprint density at radius 1 is 0.897 bits per heavy atom. The number of rotatable bonds is 6. The number of quaternary nitrogens is 2. The van der Waals surface area contributed by atoms with Crippen LogP contribution >= 0.6 is 0 Å². The minimum atomic E-state index is -0.208. The van der Waals surface area contributed by atoms with Crippen LogP contribution in [-0.4, -0.2) is 51.7 Å². The van der Waals surface area contributed by atoms with Gasteiger partial charge in [0.2, 0.25) is 0 Å². The highest BCUT2D eigenvalue weighted by Crippen LogP contribution is 2.14. The van der Waals surface area contributed by atoms with Gasteiger partial charge in [-0.2, -0.15) is 0 Å². The van der Waals surface area contributed by atoms with Crippen molar-refractivity contribution in [3.05, 3.63) is 59.9 Å². The molecule has 4 rings (SSSR count). The van der Waals surface area contributed by atoms with Crippen molar-refractivity contribution in [3.8, 4) is 0 Å². The summed E-state index contributed by atoms with van der Waals surface area (Å²) in [7, 11) is 0. The molecule has 0 spiro atoms. The third-order valence-corrected chi connectivity index (χ3v) is 6.08. The SMILES string of the molecule is O=C(C[NH+]1CCN(c2ccc(F)cc2)CC1)Nc1ccc(C[NH+]2CCCC2)cc1. The van der Waals surface area contributed by atoms with Gasteiger partial charge in [0.25, 0.3) is 5.91 Å². The second-order valence-electron chi connectivity index (χ2n) is 8.27. The molecule has 1 amide bonds. The molecule has 5 nitrogen and oxygen atoms in total. The number of nitrogens with zero attached hydrogens (tertiary/aromatic N) is 1. The lowest BCUT2D eigenvalue weighted by atomic mass is 10.2. The molecule has 0 aromatic heterocycles. The summed E-state index contributed by atoms with van der Waals surface area (Å²) < 4.78 is 13.1. The second kappa shape index (κ2) is 9.37. The molecular formula is C23H31FN4O+2. The van der Waals surface area contributed by atoms with Crippen LogP contribution in [0, 0.1) is 5.82 Å². The van der Waals surface area contributed by atoms with E-state index < -0.39 is 0 Å². The first-order valence-corrected chi connectivity index (χ1v) is 10.7. The lowest BCUT2D eigenvalue weighted by Crippen LogP contribution is -3.15. The van der Waals surface area contributed by atoms with E-state index in [9.17, 15) is 9.18 Å². The fourth-order valence-electron chi connectivity index (χ4n) is 4.39. The van der Waals surface area contributed by atoms with Gasteiger partial charge in [0.05, 0.1) is 39.3 Å². The Morgan fingerprint density at radius 3 is 2.21 bits per heavy atom. The Labute approximate surface area is 172 Å². The van der Waals surface area contributed by atoms with E-state index in [0.717, 1.165) is 44.1 Å². The minimum absolute atomic E-state index is 0.0631. The van der Waals surface area contributed by atoms with Gasteiger partial charge in [-0.1, -0.05) is 12.1 Å². The van der Waals surface area contributed by atoms with Crippen molar-refractivity contribution < 1.29 is 19.0 Å². The van der Waals surface area contributed by atoms with Crippen LogP contribution in [-0.2, 0) is 11.3 Å².